The van der Waals surface area contributed by atoms with Crippen molar-refractivity contribution in [3.05, 3.63) is 30.2 Å². The second kappa shape index (κ2) is 8.85. The minimum atomic E-state index is -4.38. The number of amides is 1. The van der Waals surface area contributed by atoms with Crippen molar-refractivity contribution in [2.45, 2.75) is 38.9 Å². The molecular formula is C18H22F3N5O2. The standard InChI is InChI=1S/C18H22F3N5O2/c1-10(2)15(13(27)4-6-18(19,20)21)25-14-5-7-23-16(26-14)11-8-12(24-9-11)17(28)22-3/h5,7-10,15,24H,4,6H2,1-3H3,(H,22,28)(H,23,25,26)/t15-/m1/s1. The fraction of sp³-hybridized carbons (Fsp3) is 0.444. The van der Waals surface area contributed by atoms with E-state index in [1.165, 1.54) is 19.3 Å². The lowest BCUT2D eigenvalue weighted by Gasteiger charge is -2.22. The number of ketones is 1. The van der Waals surface area contributed by atoms with Crippen molar-refractivity contribution >= 4 is 17.5 Å². The molecule has 152 valence electrons. The summed E-state index contributed by atoms with van der Waals surface area (Å²) in [6.07, 6.45) is -3.09. The summed E-state index contributed by atoms with van der Waals surface area (Å²) in [7, 11) is 1.51. The summed E-state index contributed by atoms with van der Waals surface area (Å²) in [4.78, 5) is 35.1. The zero-order valence-corrected chi connectivity index (χ0v) is 15.7. The Morgan fingerprint density at radius 1 is 1.29 bits per heavy atom. The van der Waals surface area contributed by atoms with Gasteiger partial charge in [0, 0.05) is 31.4 Å². The Morgan fingerprint density at radius 2 is 2.00 bits per heavy atom. The quantitative estimate of drug-likeness (QED) is 0.635. The third-order valence-electron chi connectivity index (χ3n) is 4.04. The monoisotopic (exact) mass is 397 g/mol. The molecule has 0 aromatic carbocycles. The van der Waals surface area contributed by atoms with Gasteiger partial charge in [0.25, 0.3) is 5.91 Å². The van der Waals surface area contributed by atoms with E-state index in [0.29, 0.717) is 22.9 Å². The van der Waals surface area contributed by atoms with Gasteiger partial charge in [-0.3, -0.25) is 9.59 Å². The van der Waals surface area contributed by atoms with Crippen molar-refractivity contribution in [1.29, 1.82) is 0 Å². The van der Waals surface area contributed by atoms with Crippen LogP contribution in [-0.2, 0) is 4.79 Å². The molecule has 0 saturated heterocycles. The molecule has 0 saturated carbocycles. The predicted octanol–water partition coefficient (Wildman–Crippen LogP) is 3.18. The minimum Gasteiger partial charge on any atom is -0.360 e. The number of nitrogens with one attached hydrogen (secondary N) is 3. The summed E-state index contributed by atoms with van der Waals surface area (Å²) in [6, 6.07) is 2.30. The topological polar surface area (TPSA) is 99.8 Å². The van der Waals surface area contributed by atoms with Crippen LogP contribution in [0.15, 0.2) is 24.5 Å². The first kappa shape index (κ1) is 21.4. The Kier molecular flexibility index (Phi) is 6.76. The van der Waals surface area contributed by atoms with Crippen molar-refractivity contribution < 1.29 is 22.8 Å². The molecule has 0 aliphatic heterocycles. The zero-order chi connectivity index (χ0) is 20.9. The maximum atomic E-state index is 12.4. The number of nitrogens with zero attached hydrogens (tertiary/aromatic N) is 2. The summed E-state index contributed by atoms with van der Waals surface area (Å²) in [6.45, 7) is 3.49. The third-order valence-corrected chi connectivity index (χ3v) is 4.04. The second-order valence-electron chi connectivity index (χ2n) is 6.59. The van der Waals surface area contributed by atoms with Crippen LogP contribution in [0.25, 0.3) is 11.4 Å². The van der Waals surface area contributed by atoms with Crippen LogP contribution in [0, 0.1) is 5.92 Å². The number of carbonyl (C=O) groups excluding carboxylic acids is 2. The van der Waals surface area contributed by atoms with Crippen molar-refractivity contribution in [1.82, 2.24) is 20.3 Å². The minimum absolute atomic E-state index is 0.230. The van der Waals surface area contributed by atoms with Gasteiger partial charge in [-0.2, -0.15) is 13.2 Å². The van der Waals surface area contributed by atoms with E-state index in [-0.39, 0.29) is 11.8 Å². The molecule has 0 unspecified atom stereocenters. The average Bonchev–Trinajstić information content (AvgIpc) is 3.13. The van der Waals surface area contributed by atoms with Gasteiger partial charge in [-0.15, -0.1) is 0 Å². The Hall–Kier alpha value is -2.91. The van der Waals surface area contributed by atoms with Gasteiger partial charge in [0.1, 0.15) is 11.5 Å². The van der Waals surface area contributed by atoms with Crippen LogP contribution in [0.5, 0.6) is 0 Å². The van der Waals surface area contributed by atoms with Gasteiger partial charge in [-0.25, -0.2) is 9.97 Å². The highest BCUT2D eigenvalue weighted by molar-refractivity contribution is 5.93. The number of aromatic nitrogens is 3. The number of rotatable bonds is 8. The molecule has 1 amide bonds. The zero-order valence-electron chi connectivity index (χ0n) is 15.7. The smallest absolute Gasteiger partial charge is 0.360 e. The SMILES string of the molecule is CNC(=O)c1cc(-c2nccc(N[C@@H](C(=O)CCC(F)(F)F)C(C)C)n2)c[nH]1. The number of Topliss-reactive ketones (excluding diaryl/α,β-unsaturated/α-hetero) is 1. The summed E-state index contributed by atoms with van der Waals surface area (Å²) in [5.74, 6) is -0.439. The fourth-order valence-electron chi connectivity index (χ4n) is 2.57. The molecule has 1 atom stereocenters. The summed E-state index contributed by atoms with van der Waals surface area (Å²) in [5.41, 5.74) is 0.897. The molecule has 3 N–H and O–H groups in total. The Morgan fingerprint density at radius 3 is 2.61 bits per heavy atom. The van der Waals surface area contributed by atoms with E-state index in [1.54, 1.807) is 26.1 Å². The van der Waals surface area contributed by atoms with Gasteiger partial charge in [0.15, 0.2) is 11.6 Å². The molecule has 2 aromatic rings. The number of alkyl halides is 3. The Bertz CT molecular complexity index is 833. The van der Waals surface area contributed by atoms with Crippen LogP contribution in [0.1, 0.15) is 37.2 Å². The molecule has 7 nitrogen and oxygen atoms in total. The molecule has 0 aliphatic rings. The van der Waals surface area contributed by atoms with Gasteiger partial charge in [0.05, 0.1) is 12.5 Å². The lowest BCUT2D eigenvalue weighted by Crippen LogP contribution is -2.35. The average molecular weight is 397 g/mol. The number of halogens is 3. The van der Waals surface area contributed by atoms with Crippen LogP contribution in [0.3, 0.4) is 0 Å². The lowest BCUT2D eigenvalue weighted by atomic mass is 9.97. The fourth-order valence-corrected chi connectivity index (χ4v) is 2.57. The molecule has 2 heterocycles. The number of H-pyrrole nitrogens is 1. The molecule has 0 fully saturated rings. The van der Waals surface area contributed by atoms with E-state index >= 15 is 0 Å². The lowest BCUT2D eigenvalue weighted by molar-refractivity contribution is -0.143. The second-order valence-corrected chi connectivity index (χ2v) is 6.59. The predicted molar refractivity (Wildman–Crippen MR) is 97.8 cm³/mol. The third kappa shape index (κ3) is 5.80. The number of anilines is 1. The van der Waals surface area contributed by atoms with Gasteiger partial charge in [0.2, 0.25) is 0 Å². The first-order valence-electron chi connectivity index (χ1n) is 8.70. The van der Waals surface area contributed by atoms with Crippen LogP contribution in [-0.4, -0.2) is 45.9 Å². The van der Waals surface area contributed by atoms with Crippen molar-refractivity contribution in [3.63, 3.8) is 0 Å². The van der Waals surface area contributed by atoms with Crippen LogP contribution in [0.2, 0.25) is 0 Å². The van der Waals surface area contributed by atoms with Gasteiger partial charge < -0.3 is 15.6 Å². The highest BCUT2D eigenvalue weighted by Gasteiger charge is 2.31. The highest BCUT2D eigenvalue weighted by Crippen LogP contribution is 2.24. The normalized spacial score (nSPS) is 12.7. The molecule has 0 aliphatic carbocycles. The summed E-state index contributed by atoms with van der Waals surface area (Å²) in [5, 5.41) is 5.40. The maximum absolute atomic E-state index is 12.4. The van der Waals surface area contributed by atoms with Crippen LogP contribution < -0.4 is 10.6 Å². The Balaban J connectivity index is 2.16. The Labute approximate surface area is 160 Å². The maximum Gasteiger partial charge on any atom is 0.389 e. The first-order valence-corrected chi connectivity index (χ1v) is 8.70. The van der Waals surface area contributed by atoms with Crippen molar-refractivity contribution in [2.24, 2.45) is 5.92 Å². The molecule has 0 spiro atoms. The van der Waals surface area contributed by atoms with E-state index in [4.69, 9.17) is 0 Å². The molecule has 0 bridgehead atoms. The van der Waals surface area contributed by atoms with E-state index in [0.717, 1.165) is 0 Å². The van der Waals surface area contributed by atoms with Crippen LogP contribution in [0.4, 0.5) is 19.0 Å². The van der Waals surface area contributed by atoms with Gasteiger partial charge >= 0.3 is 6.18 Å². The summed E-state index contributed by atoms with van der Waals surface area (Å²) >= 11 is 0. The first-order chi connectivity index (χ1) is 13.1. The van der Waals surface area contributed by atoms with E-state index in [2.05, 4.69) is 25.6 Å². The molecule has 10 heteroatoms. The molecule has 2 rings (SSSR count). The molecule has 2 aromatic heterocycles. The van der Waals surface area contributed by atoms with E-state index in [1.807, 2.05) is 0 Å². The van der Waals surface area contributed by atoms with Crippen molar-refractivity contribution in [2.75, 3.05) is 12.4 Å². The number of carbonyl (C=O) groups is 2. The van der Waals surface area contributed by atoms with Gasteiger partial charge in [-0.1, -0.05) is 13.8 Å². The van der Waals surface area contributed by atoms with E-state index in [9.17, 15) is 22.8 Å². The highest BCUT2D eigenvalue weighted by atomic mass is 19.4. The van der Waals surface area contributed by atoms with Gasteiger partial charge in [-0.05, 0) is 18.1 Å². The number of hydrogen-bond acceptors (Lipinski definition) is 5. The summed E-state index contributed by atoms with van der Waals surface area (Å²) < 4.78 is 37.2. The van der Waals surface area contributed by atoms with Crippen LogP contribution >= 0.6 is 0 Å². The number of hydrogen-bond donors (Lipinski definition) is 3. The van der Waals surface area contributed by atoms with Crippen molar-refractivity contribution in [3.8, 4) is 11.4 Å². The number of aromatic amines is 1. The molecule has 28 heavy (non-hydrogen) atoms. The molecule has 0 radical (unpaired) electrons. The largest absolute Gasteiger partial charge is 0.389 e. The molecular weight excluding hydrogens is 375 g/mol. The van der Waals surface area contributed by atoms with E-state index < -0.39 is 30.8 Å².